The van der Waals surface area contributed by atoms with E-state index in [-0.39, 0.29) is 22.3 Å². The summed E-state index contributed by atoms with van der Waals surface area (Å²) in [4.78, 5) is 13.0. The van der Waals surface area contributed by atoms with Gasteiger partial charge in [-0.1, -0.05) is 31.4 Å². The lowest BCUT2D eigenvalue weighted by Crippen LogP contribution is -2.38. The Hall–Kier alpha value is -2.84. The van der Waals surface area contributed by atoms with E-state index in [1.807, 2.05) is 0 Å². The van der Waals surface area contributed by atoms with E-state index in [2.05, 4.69) is 11.3 Å². The Kier molecular flexibility index (Phi) is 7.35. The highest BCUT2D eigenvalue weighted by molar-refractivity contribution is 7.89. The van der Waals surface area contributed by atoms with Gasteiger partial charge in [-0.15, -0.1) is 6.58 Å². The Morgan fingerprint density at radius 1 is 1.19 bits per heavy atom. The van der Waals surface area contributed by atoms with E-state index in [1.165, 1.54) is 31.4 Å². The second-order valence-electron chi connectivity index (χ2n) is 7.55. The van der Waals surface area contributed by atoms with Crippen LogP contribution in [0.15, 0.2) is 60.0 Å². The maximum Gasteiger partial charge on any atom is 0.240 e. The predicted octanol–water partition coefficient (Wildman–Crippen LogP) is 3.52. The van der Waals surface area contributed by atoms with Crippen molar-refractivity contribution in [1.29, 1.82) is 0 Å². The van der Waals surface area contributed by atoms with Crippen molar-refractivity contribution in [3.8, 4) is 5.75 Å². The molecule has 1 amide bonds. The SMILES string of the molecule is C=CCc1ccc(N(C(=O)[O-])c2ccc(S(=O)(=O)NC3CCCCC3)cc2)c(OC)c1. The van der Waals surface area contributed by atoms with Gasteiger partial charge in [0.05, 0.1) is 17.7 Å². The van der Waals surface area contributed by atoms with Crippen molar-refractivity contribution in [3.63, 3.8) is 0 Å². The maximum atomic E-state index is 12.7. The molecule has 1 aliphatic carbocycles. The number of rotatable bonds is 8. The number of hydrogen-bond acceptors (Lipinski definition) is 5. The molecule has 8 heteroatoms. The molecular formula is C23H27N2O5S-. The summed E-state index contributed by atoms with van der Waals surface area (Å²) in [5.74, 6) is 0.360. The predicted molar refractivity (Wildman–Crippen MR) is 118 cm³/mol. The summed E-state index contributed by atoms with van der Waals surface area (Å²) >= 11 is 0. The zero-order valence-electron chi connectivity index (χ0n) is 17.5. The second-order valence-corrected chi connectivity index (χ2v) is 9.26. The summed E-state index contributed by atoms with van der Waals surface area (Å²) in [7, 11) is -2.22. The number of ether oxygens (including phenoxy) is 1. The molecule has 1 N–H and O–H groups in total. The normalized spacial score (nSPS) is 14.7. The molecule has 0 spiro atoms. The summed E-state index contributed by atoms with van der Waals surface area (Å²) < 4.78 is 33.5. The van der Waals surface area contributed by atoms with E-state index < -0.39 is 16.1 Å². The number of carbonyl (C=O) groups is 1. The fourth-order valence-corrected chi connectivity index (χ4v) is 5.13. The molecule has 2 aromatic rings. The van der Waals surface area contributed by atoms with E-state index in [0.29, 0.717) is 12.2 Å². The highest BCUT2D eigenvalue weighted by atomic mass is 32.2. The number of amides is 1. The molecular weight excluding hydrogens is 416 g/mol. The van der Waals surface area contributed by atoms with Gasteiger partial charge in [-0.3, -0.25) is 4.90 Å². The van der Waals surface area contributed by atoms with Gasteiger partial charge in [-0.25, -0.2) is 13.1 Å². The number of nitrogens with one attached hydrogen (secondary N) is 1. The van der Waals surface area contributed by atoms with Crippen molar-refractivity contribution in [2.75, 3.05) is 12.0 Å². The summed E-state index contributed by atoms with van der Waals surface area (Å²) in [6.45, 7) is 3.70. The highest BCUT2D eigenvalue weighted by Gasteiger charge is 2.23. The van der Waals surface area contributed by atoms with E-state index >= 15 is 0 Å². The smallest absolute Gasteiger partial charge is 0.240 e. The first-order valence-corrected chi connectivity index (χ1v) is 11.8. The van der Waals surface area contributed by atoms with Gasteiger partial charge in [0, 0.05) is 11.7 Å². The topological polar surface area (TPSA) is 98.8 Å². The third-order valence-corrected chi connectivity index (χ3v) is 6.92. The number of sulfonamides is 1. The minimum absolute atomic E-state index is 0.0588. The van der Waals surface area contributed by atoms with Gasteiger partial charge < -0.3 is 14.6 Å². The van der Waals surface area contributed by atoms with Crippen molar-refractivity contribution in [1.82, 2.24) is 4.72 Å². The Labute approximate surface area is 183 Å². The molecule has 1 saturated carbocycles. The van der Waals surface area contributed by atoms with Crippen LogP contribution in [-0.2, 0) is 16.4 Å². The van der Waals surface area contributed by atoms with Crippen LogP contribution in [0.1, 0.15) is 37.7 Å². The van der Waals surface area contributed by atoms with Gasteiger partial charge in [0.2, 0.25) is 10.0 Å². The number of carboxylic acid groups (broad SMARTS) is 1. The van der Waals surface area contributed by atoms with Crippen molar-refractivity contribution in [2.24, 2.45) is 0 Å². The van der Waals surface area contributed by atoms with Crippen LogP contribution < -0.4 is 19.5 Å². The lowest BCUT2D eigenvalue weighted by molar-refractivity contribution is -0.245. The van der Waals surface area contributed by atoms with Crippen LogP contribution in [-0.4, -0.2) is 27.7 Å². The maximum absolute atomic E-state index is 12.7. The molecule has 0 unspecified atom stereocenters. The van der Waals surface area contributed by atoms with Gasteiger partial charge in [-0.2, -0.15) is 0 Å². The summed E-state index contributed by atoms with van der Waals surface area (Å²) in [6, 6.07) is 10.8. The van der Waals surface area contributed by atoms with Crippen molar-refractivity contribution >= 4 is 27.5 Å². The zero-order valence-corrected chi connectivity index (χ0v) is 18.4. The molecule has 31 heavy (non-hydrogen) atoms. The lowest BCUT2D eigenvalue weighted by Gasteiger charge is -2.27. The number of methoxy groups -OCH3 is 1. The fraction of sp³-hybridized carbons (Fsp3) is 0.348. The van der Waals surface area contributed by atoms with E-state index in [1.54, 1.807) is 24.3 Å². The standard InChI is InChI=1S/C23H28N2O5S/c1-3-7-17-10-15-21(22(16-17)30-2)25(23(26)27)19-11-13-20(14-12-19)31(28,29)24-18-8-5-4-6-9-18/h3,10-16,18,24H,1,4-9H2,2H3,(H,26,27)/p-1. The molecule has 0 heterocycles. The first-order chi connectivity index (χ1) is 14.9. The van der Waals surface area contributed by atoms with E-state index in [4.69, 9.17) is 4.74 Å². The van der Waals surface area contributed by atoms with Gasteiger partial charge in [0.15, 0.2) is 0 Å². The number of hydrogen-bond donors (Lipinski definition) is 1. The largest absolute Gasteiger partial charge is 0.529 e. The molecule has 1 aliphatic rings. The molecule has 0 saturated heterocycles. The Balaban J connectivity index is 1.88. The van der Waals surface area contributed by atoms with Crippen molar-refractivity contribution in [3.05, 3.63) is 60.7 Å². The van der Waals surface area contributed by atoms with Crippen LogP contribution in [0, 0.1) is 0 Å². The number of anilines is 2. The van der Waals surface area contributed by atoms with Gasteiger partial charge in [0.1, 0.15) is 11.8 Å². The molecule has 2 aromatic carbocycles. The van der Waals surface area contributed by atoms with E-state index in [0.717, 1.165) is 42.6 Å². The first-order valence-electron chi connectivity index (χ1n) is 10.3. The summed E-state index contributed by atoms with van der Waals surface area (Å²) in [5, 5.41) is 11.9. The minimum Gasteiger partial charge on any atom is -0.529 e. The zero-order chi connectivity index (χ0) is 22.4. The molecule has 0 radical (unpaired) electrons. The summed E-state index contributed by atoms with van der Waals surface area (Å²) in [6.07, 6.45) is 5.72. The number of allylic oxidation sites excluding steroid dienone is 1. The summed E-state index contributed by atoms with van der Waals surface area (Å²) in [5.41, 5.74) is 1.46. The number of nitrogens with zero attached hydrogens (tertiary/aromatic N) is 1. The Bertz CT molecular complexity index is 1030. The van der Waals surface area contributed by atoms with Gasteiger partial charge in [-0.05, 0) is 61.2 Å². The molecule has 0 aromatic heterocycles. The fourth-order valence-electron chi connectivity index (χ4n) is 3.83. The highest BCUT2D eigenvalue weighted by Crippen LogP contribution is 2.35. The van der Waals surface area contributed by atoms with Crippen molar-refractivity contribution in [2.45, 2.75) is 49.5 Å². The lowest BCUT2D eigenvalue weighted by atomic mass is 9.96. The number of carbonyl (C=O) groups excluding carboxylic acids is 1. The van der Waals surface area contributed by atoms with Gasteiger partial charge >= 0.3 is 0 Å². The van der Waals surface area contributed by atoms with Crippen LogP contribution in [0.3, 0.4) is 0 Å². The average molecular weight is 444 g/mol. The van der Waals surface area contributed by atoms with Crippen LogP contribution in [0.25, 0.3) is 0 Å². The Morgan fingerprint density at radius 2 is 1.87 bits per heavy atom. The quantitative estimate of drug-likeness (QED) is 0.630. The molecule has 7 nitrogen and oxygen atoms in total. The molecule has 0 aliphatic heterocycles. The monoisotopic (exact) mass is 443 g/mol. The molecule has 166 valence electrons. The minimum atomic E-state index is -3.68. The molecule has 0 bridgehead atoms. The molecule has 3 rings (SSSR count). The number of benzene rings is 2. The van der Waals surface area contributed by atoms with Crippen LogP contribution in [0.4, 0.5) is 16.2 Å². The van der Waals surface area contributed by atoms with Crippen LogP contribution >= 0.6 is 0 Å². The third kappa shape index (κ3) is 5.45. The Morgan fingerprint density at radius 3 is 2.45 bits per heavy atom. The second kappa shape index (κ2) is 9.98. The first kappa shape index (κ1) is 22.8. The van der Waals surface area contributed by atoms with Gasteiger partial charge in [0.25, 0.3) is 0 Å². The molecule has 0 atom stereocenters. The van der Waals surface area contributed by atoms with Crippen LogP contribution in [0.5, 0.6) is 5.75 Å². The van der Waals surface area contributed by atoms with E-state index in [9.17, 15) is 18.3 Å². The molecule has 1 fully saturated rings. The average Bonchev–Trinajstić information content (AvgIpc) is 2.75. The third-order valence-electron chi connectivity index (χ3n) is 5.38. The van der Waals surface area contributed by atoms with Crippen molar-refractivity contribution < 1.29 is 23.1 Å². The van der Waals surface area contributed by atoms with Crippen LogP contribution in [0.2, 0.25) is 0 Å².